The van der Waals surface area contributed by atoms with Gasteiger partial charge in [0.05, 0.1) is 6.54 Å². The third kappa shape index (κ3) is 4.11. The Bertz CT molecular complexity index is 825. The molecule has 2 heterocycles. The molecule has 0 spiro atoms. The molecular weight excluding hydrogens is 352 g/mol. The summed E-state index contributed by atoms with van der Waals surface area (Å²) in [6, 6.07) is 9.72. The van der Waals surface area contributed by atoms with E-state index in [1.165, 1.54) is 6.42 Å². The molecule has 6 nitrogen and oxygen atoms in total. The topological polar surface area (TPSA) is 67.2 Å². The minimum absolute atomic E-state index is 0.0817. The molecule has 0 saturated heterocycles. The lowest BCUT2D eigenvalue weighted by Crippen LogP contribution is -2.43. The number of aromatic nitrogens is 2. The zero-order valence-corrected chi connectivity index (χ0v) is 16.3. The highest BCUT2D eigenvalue weighted by molar-refractivity contribution is 5.98. The van der Waals surface area contributed by atoms with E-state index in [0.717, 1.165) is 36.8 Å². The Hall–Kier alpha value is -2.63. The fourth-order valence-electron chi connectivity index (χ4n) is 4.69. The predicted molar refractivity (Wildman–Crippen MR) is 107 cm³/mol. The van der Waals surface area contributed by atoms with Crippen molar-refractivity contribution in [3.63, 3.8) is 0 Å². The second kappa shape index (κ2) is 8.17. The van der Waals surface area contributed by atoms with Gasteiger partial charge in [0.1, 0.15) is 0 Å². The van der Waals surface area contributed by atoms with Crippen LogP contribution in [0.15, 0.2) is 42.7 Å². The highest BCUT2D eigenvalue weighted by Gasteiger charge is 2.39. The zero-order valence-electron chi connectivity index (χ0n) is 16.3. The van der Waals surface area contributed by atoms with E-state index in [1.807, 2.05) is 46.1 Å². The second-order valence-electron chi connectivity index (χ2n) is 8.17. The Labute approximate surface area is 165 Å². The summed E-state index contributed by atoms with van der Waals surface area (Å²) in [5.41, 5.74) is 1.81. The maximum atomic E-state index is 12.8. The lowest BCUT2D eigenvalue weighted by Gasteiger charge is -2.39. The molecule has 1 saturated carbocycles. The molecule has 1 fully saturated rings. The standard InChI is InChI=1S/C22H28N4O2/c27-20(23-12-14-26-13-6-11-24-26)15-22(9-4-1-5-10-22)17-25-16-18-7-2-3-8-19(18)21(25)28/h2-3,6-8,11,13H,1,4-5,9-10,12,14-17H2,(H,23,27). The first-order chi connectivity index (χ1) is 13.7. The molecular formula is C22H28N4O2. The highest BCUT2D eigenvalue weighted by atomic mass is 16.2. The van der Waals surface area contributed by atoms with Crippen LogP contribution in [0.4, 0.5) is 0 Å². The summed E-state index contributed by atoms with van der Waals surface area (Å²) in [5, 5.41) is 7.20. The van der Waals surface area contributed by atoms with E-state index in [2.05, 4.69) is 10.4 Å². The summed E-state index contributed by atoms with van der Waals surface area (Å²) in [4.78, 5) is 27.4. The predicted octanol–water partition coefficient (Wildman–Crippen LogP) is 3.00. The summed E-state index contributed by atoms with van der Waals surface area (Å²) in [6.45, 7) is 2.58. The molecule has 28 heavy (non-hydrogen) atoms. The summed E-state index contributed by atoms with van der Waals surface area (Å²) < 4.78 is 1.82. The van der Waals surface area contributed by atoms with Crippen molar-refractivity contribution in [1.29, 1.82) is 0 Å². The van der Waals surface area contributed by atoms with Crippen LogP contribution in [0.5, 0.6) is 0 Å². The van der Waals surface area contributed by atoms with Crippen LogP contribution in [0.25, 0.3) is 0 Å². The minimum Gasteiger partial charge on any atom is -0.354 e. The third-order valence-corrected chi connectivity index (χ3v) is 6.09. The van der Waals surface area contributed by atoms with E-state index < -0.39 is 0 Å². The first kappa shape index (κ1) is 18.7. The van der Waals surface area contributed by atoms with Crippen molar-refractivity contribution in [2.75, 3.05) is 13.1 Å². The van der Waals surface area contributed by atoms with E-state index in [1.54, 1.807) is 6.20 Å². The molecule has 2 amide bonds. The average Bonchev–Trinajstić information content (AvgIpc) is 3.31. The van der Waals surface area contributed by atoms with Crippen LogP contribution in [0.3, 0.4) is 0 Å². The number of carbonyl (C=O) groups is 2. The van der Waals surface area contributed by atoms with Crippen molar-refractivity contribution >= 4 is 11.8 Å². The number of benzene rings is 1. The molecule has 0 radical (unpaired) electrons. The van der Waals surface area contributed by atoms with Crippen molar-refractivity contribution in [2.45, 2.75) is 51.6 Å². The van der Waals surface area contributed by atoms with Crippen LogP contribution in [-0.2, 0) is 17.9 Å². The van der Waals surface area contributed by atoms with Crippen molar-refractivity contribution in [1.82, 2.24) is 20.0 Å². The average molecular weight is 380 g/mol. The number of nitrogens with zero attached hydrogens (tertiary/aromatic N) is 3. The van der Waals surface area contributed by atoms with Crippen LogP contribution >= 0.6 is 0 Å². The van der Waals surface area contributed by atoms with Gasteiger partial charge < -0.3 is 10.2 Å². The molecule has 148 valence electrons. The molecule has 1 aromatic carbocycles. The Morgan fingerprint density at radius 2 is 1.96 bits per heavy atom. The van der Waals surface area contributed by atoms with Gasteiger partial charge in [0.25, 0.3) is 5.91 Å². The largest absolute Gasteiger partial charge is 0.354 e. The molecule has 6 heteroatoms. The van der Waals surface area contributed by atoms with Gasteiger partial charge in [0, 0.05) is 44.0 Å². The van der Waals surface area contributed by atoms with Crippen LogP contribution in [0, 0.1) is 5.41 Å². The first-order valence-corrected chi connectivity index (χ1v) is 10.3. The fraction of sp³-hybridized carbons (Fsp3) is 0.500. The molecule has 1 aliphatic heterocycles. The van der Waals surface area contributed by atoms with Gasteiger partial charge in [0.2, 0.25) is 5.91 Å². The summed E-state index contributed by atoms with van der Waals surface area (Å²) >= 11 is 0. The highest BCUT2D eigenvalue weighted by Crippen LogP contribution is 2.41. The fourth-order valence-corrected chi connectivity index (χ4v) is 4.69. The van der Waals surface area contributed by atoms with Crippen molar-refractivity contribution < 1.29 is 9.59 Å². The van der Waals surface area contributed by atoms with Gasteiger partial charge in [-0.05, 0) is 36.0 Å². The quantitative estimate of drug-likeness (QED) is 0.803. The summed E-state index contributed by atoms with van der Waals surface area (Å²) in [5.74, 6) is 0.192. The van der Waals surface area contributed by atoms with E-state index in [4.69, 9.17) is 0 Å². The van der Waals surface area contributed by atoms with Gasteiger partial charge >= 0.3 is 0 Å². The molecule has 1 N–H and O–H groups in total. The van der Waals surface area contributed by atoms with Gasteiger partial charge in [-0.25, -0.2) is 0 Å². The minimum atomic E-state index is -0.105. The van der Waals surface area contributed by atoms with Gasteiger partial charge in [-0.15, -0.1) is 0 Å². The first-order valence-electron chi connectivity index (χ1n) is 10.3. The van der Waals surface area contributed by atoms with Crippen LogP contribution in [0.1, 0.15) is 54.4 Å². The SMILES string of the molecule is O=C(CC1(CN2Cc3ccccc3C2=O)CCCCC1)NCCn1cccn1. The van der Waals surface area contributed by atoms with Crippen molar-refractivity contribution in [3.05, 3.63) is 53.9 Å². The van der Waals surface area contributed by atoms with Crippen LogP contribution < -0.4 is 5.32 Å². The Morgan fingerprint density at radius 1 is 1.14 bits per heavy atom. The molecule has 1 aliphatic carbocycles. The lowest BCUT2D eigenvalue weighted by molar-refractivity contribution is -0.124. The second-order valence-corrected chi connectivity index (χ2v) is 8.17. The molecule has 0 atom stereocenters. The molecule has 2 aromatic rings. The van der Waals surface area contributed by atoms with E-state index in [0.29, 0.717) is 32.6 Å². The Morgan fingerprint density at radius 3 is 2.71 bits per heavy atom. The third-order valence-electron chi connectivity index (χ3n) is 6.09. The van der Waals surface area contributed by atoms with Crippen LogP contribution in [0.2, 0.25) is 0 Å². The monoisotopic (exact) mass is 380 g/mol. The van der Waals surface area contributed by atoms with Crippen LogP contribution in [-0.4, -0.2) is 39.6 Å². The van der Waals surface area contributed by atoms with Gasteiger partial charge in [-0.2, -0.15) is 5.10 Å². The van der Waals surface area contributed by atoms with Crippen molar-refractivity contribution in [2.24, 2.45) is 5.41 Å². The Kier molecular flexibility index (Phi) is 5.46. The smallest absolute Gasteiger partial charge is 0.254 e. The van der Waals surface area contributed by atoms with Gasteiger partial charge in [-0.3, -0.25) is 14.3 Å². The molecule has 0 bridgehead atoms. The maximum absolute atomic E-state index is 12.8. The number of carbonyl (C=O) groups excluding carboxylic acids is 2. The molecule has 0 unspecified atom stereocenters. The Balaban J connectivity index is 1.38. The molecule has 1 aromatic heterocycles. The maximum Gasteiger partial charge on any atom is 0.254 e. The van der Waals surface area contributed by atoms with E-state index in [9.17, 15) is 9.59 Å². The summed E-state index contributed by atoms with van der Waals surface area (Å²) in [7, 11) is 0. The van der Waals surface area contributed by atoms with Gasteiger partial charge in [0.15, 0.2) is 0 Å². The normalized spacial score (nSPS) is 18.1. The van der Waals surface area contributed by atoms with E-state index >= 15 is 0 Å². The number of amides is 2. The number of rotatable bonds is 7. The number of hydrogen-bond donors (Lipinski definition) is 1. The number of fused-ring (bicyclic) bond motifs is 1. The van der Waals surface area contributed by atoms with E-state index in [-0.39, 0.29) is 17.2 Å². The molecule has 4 rings (SSSR count). The molecule has 2 aliphatic rings. The number of nitrogens with one attached hydrogen (secondary N) is 1. The van der Waals surface area contributed by atoms with Crippen molar-refractivity contribution in [3.8, 4) is 0 Å². The lowest BCUT2D eigenvalue weighted by atomic mass is 9.71. The zero-order chi connectivity index (χ0) is 19.4. The number of hydrogen-bond acceptors (Lipinski definition) is 3. The summed E-state index contributed by atoms with van der Waals surface area (Å²) in [6.07, 6.45) is 9.64. The van der Waals surface area contributed by atoms with Gasteiger partial charge in [-0.1, -0.05) is 37.5 Å².